The van der Waals surface area contributed by atoms with Crippen LogP contribution >= 0.6 is 11.3 Å². The summed E-state index contributed by atoms with van der Waals surface area (Å²) in [5.41, 5.74) is 2.07. The smallest absolute Gasteiger partial charge is 0.236 e. The Labute approximate surface area is 181 Å². The van der Waals surface area contributed by atoms with Gasteiger partial charge in [-0.3, -0.25) is 14.5 Å². The van der Waals surface area contributed by atoms with Gasteiger partial charge in [-0.1, -0.05) is 19.1 Å². The number of fused-ring (bicyclic) bond motifs is 1. The Kier molecular flexibility index (Phi) is 6.49. The topological polar surface area (TPSA) is 43.9 Å². The molecule has 0 N–H and O–H groups in total. The number of thiophene rings is 1. The van der Waals surface area contributed by atoms with E-state index in [1.54, 1.807) is 23.5 Å². The van der Waals surface area contributed by atoms with Crippen LogP contribution in [0.5, 0.6) is 0 Å². The van der Waals surface area contributed by atoms with Gasteiger partial charge in [-0.2, -0.15) is 0 Å². The SMILES string of the molecule is CCCC(=O)N1CCN(C(=O)CN2CCc3sccc3[C@@H]2c2cccc(F)c2)CC1. The van der Waals surface area contributed by atoms with E-state index in [9.17, 15) is 14.0 Å². The molecular formula is C23H28FN3O2S. The van der Waals surface area contributed by atoms with Gasteiger partial charge in [0, 0.05) is 44.0 Å². The van der Waals surface area contributed by atoms with Crippen molar-refractivity contribution in [3.8, 4) is 0 Å². The van der Waals surface area contributed by atoms with E-state index in [0.29, 0.717) is 39.1 Å². The summed E-state index contributed by atoms with van der Waals surface area (Å²) in [4.78, 5) is 32.4. The van der Waals surface area contributed by atoms with Crippen LogP contribution < -0.4 is 0 Å². The van der Waals surface area contributed by atoms with E-state index in [1.165, 1.54) is 16.5 Å². The van der Waals surface area contributed by atoms with E-state index in [4.69, 9.17) is 0 Å². The van der Waals surface area contributed by atoms with E-state index in [1.807, 2.05) is 22.8 Å². The zero-order valence-electron chi connectivity index (χ0n) is 17.3. The van der Waals surface area contributed by atoms with Gasteiger partial charge in [0.25, 0.3) is 0 Å². The number of carbonyl (C=O) groups is 2. The molecule has 5 nitrogen and oxygen atoms in total. The molecular weight excluding hydrogens is 401 g/mol. The first-order valence-electron chi connectivity index (χ1n) is 10.7. The van der Waals surface area contributed by atoms with E-state index in [2.05, 4.69) is 16.3 Å². The predicted molar refractivity (Wildman–Crippen MR) is 116 cm³/mol. The summed E-state index contributed by atoms with van der Waals surface area (Å²) < 4.78 is 13.9. The third kappa shape index (κ3) is 4.42. The molecule has 0 radical (unpaired) electrons. The Hall–Kier alpha value is -2.25. The van der Waals surface area contributed by atoms with Crippen molar-refractivity contribution in [3.05, 3.63) is 57.5 Å². The summed E-state index contributed by atoms with van der Waals surface area (Å²) >= 11 is 1.73. The van der Waals surface area contributed by atoms with Gasteiger partial charge < -0.3 is 9.80 Å². The Balaban J connectivity index is 1.45. The van der Waals surface area contributed by atoms with Crippen molar-refractivity contribution in [1.82, 2.24) is 14.7 Å². The molecule has 2 amide bonds. The number of piperazine rings is 1. The molecule has 2 aliphatic heterocycles. The molecule has 2 aliphatic rings. The summed E-state index contributed by atoms with van der Waals surface area (Å²) in [6.07, 6.45) is 2.32. The first-order valence-corrected chi connectivity index (χ1v) is 11.6. The molecule has 1 aromatic heterocycles. The molecule has 1 aromatic carbocycles. The molecule has 0 spiro atoms. The number of hydrogen-bond donors (Lipinski definition) is 0. The lowest BCUT2D eigenvalue weighted by atomic mass is 9.93. The largest absolute Gasteiger partial charge is 0.339 e. The van der Waals surface area contributed by atoms with Crippen LogP contribution in [0, 0.1) is 5.82 Å². The second-order valence-corrected chi connectivity index (χ2v) is 8.99. The third-order valence-electron chi connectivity index (χ3n) is 6.02. The second kappa shape index (κ2) is 9.27. The third-order valence-corrected chi connectivity index (χ3v) is 7.01. The van der Waals surface area contributed by atoms with E-state index in [-0.39, 0.29) is 23.7 Å². The van der Waals surface area contributed by atoms with Crippen LogP contribution in [0.2, 0.25) is 0 Å². The van der Waals surface area contributed by atoms with Gasteiger partial charge in [-0.25, -0.2) is 4.39 Å². The molecule has 0 bridgehead atoms. The van der Waals surface area contributed by atoms with Crippen LogP contribution in [0.1, 0.15) is 41.8 Å². The number of carbonyl (C=O) groups excluding carboxylic acids is 2. The number of hydrogen-bond acceptors (Lipinski definition) is 4. The fourth-order valence-corrected chi connectivity index (χ4v) is 5.36. The van der Waals surface area contributed by atoms with Crippen molar-refractivity contribution in [2.75, 3.05) is 39.3 Å². The van der Waals surface area contributed by atoms with Crippen LogP contribution in [0.25, 0.3) is 0 Å². The van der Waals surface area contributed by atoms with Crippen LogP contribution in [-0.2, 0) is 16.0 Å². The highest BCUT2D eigenvalue weighted by Gasteiger charge is 2.33. The van der Waals surface area contributed by atoms with Gasteiger partial charge >= 0.3 is 0 Å². The Morgan fingerprint density at radius 1 is 1.07 bits per heavy atom. The average molecular weight is 430 g/mol. The van der Waals surface area contributed by atoms with Crippen molar-refractivity contribution in [2.24, 2.45) is 0 Å². The molecule has 160 valence electrons. The molecule has 0 saturated carbocycles. The van der Waals surface area contributed by atoms with Gasteiger partial charge in [0.2, 0.25) is 11.8 Å². The minimum atomic E-state index is -0.256. The van der Waals surface area contributed by atoms with E-state index in [0.717, 1.165) is 24.9 Å². The molecule has 1 fully saturated rings. The lowest BCUT2D eigenvalue weighted by Gasteiger charge is -2.39. The molecule has 2 aromatic rings. The average Bonchev–Trinajstić information content (AvgIpc) is 3.22. The zero-order valence-corrected chi connectivity index (χ0v) is 18.2. The van der Waals surface area contributed by atoms with Gasteiger partial charge in [0.1, 0.15) is 5.82 Å². The Morgan fingerprint density at radius 2 is 1.80 bits per heavy atom. The first kappa shape index (κ1) is 21.0. The van der Waals surface area contributed by atoms with Gasteiger partial charge in [-0.05, 0) is 47.5 Å². The van der Waals surface area contributed by atoms with Crippen molar-refractivity contribution in [3.63, 3.8) is 0 Å². The number of amides is 2. The van der Waals surface area contributed by atoms with E-state index < -0.39 is 0 Å². The summed E-state index contributed by atoms with van der Waals surface area (Å²) in [5, 5.41) is 2.08. The van der Waals surface area contributed by atoms with E-state index >= 15 is 0 Å². The maximum Gasteiger partial charge on any atom is 0.236 e. The number of nitrogens with zero attached hydrogens (tertiary/aromatic N) is 3. The van der Waals surface area contributed by atoms with Crippen molar-refractivity contribution >= 4 is 23.2 Å². The molecule has 3 heterocycles. The highest BCUT2D eigenvalue weighted by Crippen LogP contribution is 2.37. The van der Waals surface area contributed by atoms with Gasteiger partial charge in [0.05, 0.1) is 12.6 Å². The lowest BCUT2D eigenvalue weighted by Crippen LogP contribution is -2.53. The summed E-state index contributed by atoms with van der Waals surface area (Å²) in [7, 11) is 0. The van der Waals surface area contributed by atoms with Crippen LogP contribution in [-0.4, -0.2) is 65.8 Å². The number of halogens is 1. The maximum absolute atomic E-state index is 13.9. The minimum Gasteiger partial charge on any atom is -0.339 e. The maximum atomic E-state index is 13.9. The monoisotopic (exact) mass is 429 g/mol. The normalized spacial score (nSPS) is 19.6. The Morgan fingerprint density at radius 3 is 2.50 bits per heavy atom. The fourth-order valence-electron chi connectivity index (χ4n) is 4.46. The highest BCUT2D eigenvalue weighted by molar-refractivity contribution is 7.10. The summed E-state index contributed by atoms with van der Waals surface area (Å²) in [6, 6.07) is 8.70. The highest BCUT2D eigenvalue weighted by atomic mass is 32.1. The molecule has 1 atom stereocenters. The zero-order chi connectivity index (χ0) is 21.1. The standard InChI is InChI=1S/C23H28FN3O2S/c1-2-4-21(28)25-10-12-26(13-11-25)22(29)16-27-9-7-20-19(8-14-30-20)23(27)17-5-3-6-18(24)15-17/h3,5-6,8,14-15,23H,2,4,7,9-13,16H2,1H3/t23-/m0/s1. The summed E-state index contributed by atoms with van der Waals surface area (Å²) in [6.45, 7) is 5.45. The molecule has 0 unspecified atom stereocenters. The molecule has 4 rings (SSSR count). The second-order valence-electron chi connectivity index (χ2n) is 7.99. The molecule has 30 heavy (non-hydrogen) atoms. The predicted octanol–water partition coefficient (Wildman–Crippen LogP) is 3.31. The minimum absolute atomic E-state index is 0.0812. The van der Waals surface area contributed by atoms with Gasteiger partial charge in [-0.15, -0.1) is 11.3 Å². The van der Waals surface area contributed by atoms with Crippen molar-refractivity contribution in [2.45, 2.75) is 32.2 Å². The molecule has 7 heteroatoms. The first-order chi connectivity index (χ1) is 14.6. The quantitative estimate of drug-likeness (QED) is 0.733. The van der Waals surface area contributed by atoms with Crippen LogP contribution in [0.4, 0.5) is 4.39 Å². The fraction of sp³-hybridized carbons (Fsp3) is 0.478. The van der Waals surface area contributed by atoms with Crippen molar-refractivity contribution < 1.29 is 14.0 Å². The van der Waals surface area contributed by atoms with Crippen LogP contribution in [0.3, 0.4) is 0 Å². The van der Waals surface area contributed by atoms with Gasteiger partial charge in [0.15, 0.2) is 0 Å². The van der Waals surface area contributed by atoms with Crippen molar-refractivity contribution in [1.29, 1.82) is 0 Å². The lowest BCUT2D eigenvalue weighted by molar-refractivity contribution is -0.140. The van der Waals surface area contributed by atoms with Crippen LogP contribution in [0.15, 0.2) is 35.7 Å². The molecule has 0 aliphatic carbocycles. The summed E-state index contributed by atoms with van der Waals surface area (Å²) in [5.74, 6) is 0.00320. The number of benzene rings is 1. The Bertz CT molecular complexity index is 907. The molecule has 1 saturated heterocycles. The number of rotatable bonds is 5.